The Kier molecular flexibility index (Phi) is 4.11. The van der Waals surface area contributed by atoms with Crippen molar-refractivity contribution >= 4 is 33.1 Å². The molecular weight excluding hydrogens is 171 g/mol. The van der Waals surface area contributed by atoms with E-state index in [0.29, 0.717) is 0 Å². The third-order valence-electron chi connectivity index (χ3n) is 0.323. The average molecular weight is 175 g/mol. The number of primary sulfonamides is 1. The van der Waals surface area contributed by atoms with Crippen molar-refractivity contribution < 1.29 is 24.4 Å². The molecule has 0 radical (unpaired) electrons. The number of hydrogen-bond donors (Lipinski definition) is 1. The number of rotatable bonds is 0. The van der Waals surface area contributed by atoms with Crippen LogP contribution in [0.3, 0.4) is 0 Å². The van der Waals surface area contributed by atoms with Crippen LogP contribution in [0, 0.1) is 0 Å². The fourth-order valence-corrected chi connectivity index (χ4v) is 0. The molecule has 3 nitrogen and oxygen atoms in total. The summed E-state index contributed by atoms with van der Waals surface area (Å²) in [6.45, 7) is 0. The predicted octanol–water partition coefficient (Wildman–Crippen LogP) is -0.361. The van der Waals surface area contributed by atoms with Gasteiger partial charge in [-0.1, -0.05) is 0 Å². The molecule has 0 fully saturated rings. The van der Waals surface area contributed by atoms with E-state index in [-0.39, 0.29) is 25.9 Å². The molecule has 0 aliphatic heterocycles. The molecule has 0 saturated heterocycles. The van der Waals surface area contributed by atoms with Gasteiger partial charge in [0, 0.05) is 0 Å². The molecular formula is CH4F3MgNO2S. The summed E-state index contributed by atoms with van der Waals surface area (Å²) in [5.74, 6) is 0. The van der Waals surface area contributed by atoms with Gasteiger partial charge >= 0.3 is 38.6 Å². The molecule has 8 heteroatoms. The molecule has 0 spiro atoms. The molecule has 0 unspecified atom stereocenters. The fraction of sp³-hybridized carbons (Fsp3) is 1.00. The predicted molar refractivity (Wildman–Crippen MR) is 27.1 cm³/mol. The zero-order chi connectivity index (χ0) is 7.00. The van der Waals surface area contributed by atoms with Crippen molar-refractivity contribution in [1.29, 1.82) is 0 Å². The van der Waals surface area contributed by atoms with Crippen molar-refractivity contribution in [2.75, 3.05) is 0 Å². The van der Waals surface area contributed by atoms with Crippen LogP contribution in [0.2, 0.25) is 0 Å². The molecule has 0 aromatic rings. The molecule has 0 aliphatic rings. The molecule has 0 rings (SSSR count). The molecule has 0 atom stereocenters. The quantitative estimate of drug-likeness (QED) is 0.511. The Morgan fingerprint density at radius 2 is 1.44 bits per heavy atom. The third-order valence-corrected chi connectivity index (χ3v) is 0.968. The van der Waals surface area contributed by atoms with Crippen LogP contribution in [0.4, 0.5) is 13.2 Å². The van der Waals surface area contributed by atoms with E-state index < -0.39 is 15.5 Å². The number of sulfonamides is 1. The first-order valence-electron chi connectivity index (χ1n) is 1.34. The van der Waals surface area contributed by atoms with Crippen LogP contribution in [0.25, 0.3) is 0 Å². The molecule has 0 aromatic heterocycles. The van der Waals surface area contributed by atoms with Crippen molar-refractivity contribution in [3.8, 4) is 0 Å². The summed E-state index contributed by atoms with van der Waals surface area (Å²) < 4.78 is 51.2. The van der Waals surface area contributed by atoms with Crippen LogP contribution in [0.15, 0.2) is 0 Å². The van der Waals surface area contributed by atoms with Crippen molar-refractivity contribution in [3.63, 3.8) is 0 Å². The molecule has 0 heterocycles. The molecule has 0 aliphatic carbocycles. The van der Waals surface area contributed by atoms with Crippen LogP contribution in [-0.4, -0.2) is 37.0 Å². The second-order valence-electron chi connectivity index (χ2n) is 0.991. The maximum absolute atomic E-state index is 10.8. The van der Waals surface area contributed by atoms with E-state index in [2.05, 4.69) is 5.14 Å². The van der Waals surface area contributed by atoms with Gasteiger partial charge in [-0.15, -0.1) is 0 Å². The van der Waals surface area contributed by atoms with Crippen LogP contribution in [-0.2, 0) is 10.0 Å². The Morgan fingerprint density at radius 1 is 1.33 bits per heavy atom. The Balaban J connectivity index is -0.0000000817. The Morgan fingerprint density at radius 3 is 1.44 bits per heavy atom. The first kappa shape index (κ1) is 12.2. The van der Waals surface area contributed by atoms with E-state index >= 15 is 0 Å². The summed E-state index contributed by atoms with van der Waals surface area (Å²) in [5.41, 5.74) is -5.31. The SMILES string of the molecule is NS(=O)(=O)C(F)(F)F.[H-].[H-].[Mg+2]. The number of nitrogens with two attached hydrogens (primary N) is 1. The van der Waals surface area contributed by atoms with Crippen molar-refractivity contribution in [3.05, 3.63) is 0 Å². The number of alkyl halides is 3. The Labute approximate surface area is 68.6 Å². The topological polar surface area (TPSA) is 60.2 Å². The van der Waals surface area contributed by atoms with E-state index in [1.807, 2.05) is 0 Å². The second kappa shape index (κ2) is 3.04. The normalized spacial score (nSPS) is 12.4. The number of halogens is 3. The van der Waals surface area contributed by atoms with Crippen LogP contribution in [0.1, 0.15) is 2.85 Å². The molecule has 0 aromatic carbocycles. The van der Waals surface area contributed by atoms with Crippen LogP contribution < -0.4 is 5.14 Å². The van der Waals surface area contributed by atoms with Gasteiger partial charge in [0.2, 0.25) is 0 Å². The summed E-state index contributed by atoms with van der Waals surface area (Å²) >= 11 is 0. The second-order valence-corrected chi connectivity index (χ2v) is 2.54. The largest absolute Gasteiger partial charge is 2.00 e. The summed E-state index contributed by atoms with van der Waals surface area (Å²) in [6.07, 6.45) is 0. The van der Waals surface area contributed by atoms with Gasteiger partial charge in [0.25, 0.3) is 0 Å². The summed E-state index contributed by atoms with van der Waals surface area (Å²) in [4.78, 5) is 0. The van der Waals surface area contributed by atoms with Gasteiger partial charge in [-0.3, -0.25) is 0 Å². The van der Waals surface area contributed by atoms with E-state index in [4.69, 9.17) is 0 Å². The number of hydrogen-bond acceptors (Lipinski definition) is 2. The Hall–Kier alpha value is 0.466. The van der Waals surface area contributed by atoms with Crippen molar-refractivity contribution in [1.82, 2.24) is 0 Å². The van der Waals surface area contributed by atoms with Crippen molar-refractivity contribution in [2.45, 2.75) is 5.51 Å². The van der Waals surface area contributed by atoms with Gasteiger partial charge in [-0.05, 0) is 0 Å². The summed E-state index contributed by atoms with van der Waals surface area (Å²) in [7, 11) is -5.34. The summed E-state index contributed by atoms with van der Waals surface area (Å²) in [6, 6.07) is 0. The third kappa shape index (κ3) is 3.95. The van der Waals surface area contributed by atoms with E-state index in [9.17, 15) is 21.6 Å². The van der Waals surface area contributed by atoms with E-state index in [1.165, 1.54) is 0 Å². The maximum Gasteiger partial charge on any atom is 2.00 e. The molecule has 2 N–H and O–H groups in total. The smallest absolute Gasteiger partial charge is 1.00 e. The van der Waals surface area contributed by atoms with Gasteiger partial charge in [0.1, 0.15) is 0 Å². The molecule has 54 valence electrons. The minimum absolute atomic E-state index is 0. The van der Waals surface area contributed by atoms with Gasteiger partial charge in [0.05, 0.1) is 0 Å². The molecule has 9 heavy (non-hydrogen) atoms. The monoisotopic (exact) mass is 175 g/mol. The summed E-state index contributed by atoms with van der Waals surface area (Å²) in [5, 5.41) is 3.66. The zero-order valence-electron chi connectivity index (χ0n) is 6.14. The average Bonchev–Trinajstić information content (AvgIpc) is 1.25. The zero-order valence-corrected chi connectivity index (χ0v) is 6.37. The fourth-order valence-electron chi connectivity index (χ4n) is 0. The first-order chi connectivity index (χ1) is 3.25. The molecule has 0 saturated carbocycles. The minimum atomic E-state index is -5.34. The van der Waals surface area contributed by atoms with Gasteiger partial charge in [-0.25, -0.2) is 13.6 Å². The standard InChI is InChI=1S/CH2F3NO2S.Mg.2H/c2-1(3,4)8(5,6)7;;;/h(H2,5,6,7);;;/q;+2;2*-1. The van der Waals surface area contributed by atoms with E-state index in [0.717, 1.165) is 0 Å². The van der Waals surface area contributed by atoms with Crippen LogP contribution >= 0.6 is 0 Å². The first-order valence-corrected chi connectivity index (χ1v) is 2.89. The van der Waals surface area contributed by atoms with Gasteiger partial charge < -0.3 is 2.85 Å². The Bertz CT molecular complexity index is 178. The minimum Gasteiger partial charge on any atom is -1.00 e. The molecule has 0 amide bonds. The maximum atomic E-state index is 10.8. The van der Waals surface area contributed by atoms with Gasteiger partial charge in [-0.2, -0.15) is 13.2 Å². The van der Waals surface area contributed by atoms with E-state index in [1.54, 1.807) is 0 Å². The van der Waals surface area contributed by atoms with Crippen LogP contribution in [0.5, 0.6) is 0 Å². The molecule has 0 bridgehead atoms. The van der Waals surface area contributed by atoms with Crippen molar-refractivity contribution in [2.24, 2.45) is 5.14 Å². The van der Waals surface area contributed by atoms with Gasteiger partial charge in [0.15, 0.2) is 0 Å².